The number of rotatable bonds is 5. The fourth-order valence-corrected chi connectivity index (χ4v) is 2.61. The first-order chi connectivity index (χ1) is 9.60. The van der Waals surface area contributed by atoms with Crippen LogP contribution in [0.15, 0.2) is 0 Å². The van der Waals surface area contributed by atoms with Crippen molar-refractivity contribution in [3.05, 3.63) is 5.82 Å². The second-order valence-electron chi connectivity index (χ2n) is 5.48. The molecule has 1 aromatic rings. The first kappa shape index (κ1) is 14.9. The molecule has 0 amide bonds. The Morgan fingerprint density at radius 1 is 1.30 bits per heavy atom. The second kappa shape index (κ2) is 6.81. The molecule has 7 heteroatoms. The van der Waals surface area contributed by atoms with Gasteiger partial charge in [0.2, 0.25) is 11.9 Å². The topological polar surface area (TPSA) is 83.2 Å². The summed E-state index contributed by atoms with van der Waals surface area (Å²) in [6.45, 7) is 2.83. The van der Waals surface area contributed by atoms with E-state index in [1.54, 1.807) is 0 Å². The van der Waals surface area contributed by atoms with E-state index in [0.29, 0.717) is 17.9 Å². The van der Waals surface area contributed by atoms with Crippen LogP contribution in [-0.4, -0.2) is 60.1 Å². The maximum absolute atomic E-state index is 5.78. The molecule has 0 aromatic carbocycles. The highest BCUT2D eigenvalue weighted by molar-refractivity contribution is 5.32. The third-order valence-corrected chi connectivity index (χ3v) is 3.62. The third-order valence-electron chi connectivity index (χ3n) is 3.62. The molecule has 2 heterocycles. The van der Waals surface area contributed by atoms with E-state index in [0.717, 1.165) is 25.5 Å². The lowest BCUT2D eigenvalue weighted by molar-refractivity contribution is 0.136. The lowest BCUT2D eigenvalue weighted by atomic mass is 10.0. The number of likely N-dealkylation sites (N-methyl/N-ethyl adjacent to an activating group) is 1. The van der Waals surface area contributed by atoms with E-state index in [1.807, 2.05) is 26.0 Å². The van der Waals surface area contributed by atoms with Crippen LogP contribution < -0.4 is 16.0 Å². The van der Waals surface area contributed by atoms with E-state index in [4.69, 9.17) is 5.73 Å². The first-order valence-electron chi connectivity index (χ1n) is 7.16. The molecule has 0 saturated carbocycles. The molecule has 1 aromatic heterocycles. The van der Waals surface area contributed by atoms with Crippen LogP contribution in [0.4, 0.5) is 11.9 Å². The number of hydrogen-bond donors (Lipinski definition) is 2. The van der Waals surface area contributed by atoms with Crippen molar-refractivity contribution in [1.29, 1.82) is 0 Å². The van der Waals surface area contributed by atoms with Crippen molar-refractivity contribution in [1.82, 2.24) is 25.2 Å². The van der Waals surface area contributed by atoms with Gasteiger partial charge in [0.05, 0.1) is 6.54 Å². The minimum absolute atomic E-state index is 0.292. The molecule has 1 aliphatic rings. The Morgan fingerprint density at radius 2 is 2.10 bits per heavy atom. The van der Waals surface area contributed by atoms with Gasteiger partial charge in [0.1, 0.15) is 5.82 Å². The summed E-state index contributed by atoms with van der Waals surface area (Å²) in [6, 6.07) is 0.551. The van der Waals surface area contributed by atoms with E-state index >= 15 is 0 Å². The Kier molecular flexibility index (Phi) is 5.08. The highest BCUT2D eigenvalue weighted by Gasteiger charge is 2.23. The van der Waals surface area contributed by atoms with E-state index in [1.165, 1.54) is 19.3 Å². The van der Waals surface area contributed by atoms with E-state index in [9.17, 15) is 0 Å². The molecule has 1 unspecified atom stereocenters. The van der Waals surface area contributed by atoms with Crippen LogP contribution in [0.2, 0.25) is 0 Å². The van der Waals surface area contributed by atoms with Crippen LogP contribution in [0.25, 0.3) is 0 Å². The normalized spacial score (nSPS) is 20.1. The molecule has 112 valence electrons. The fraction of sp³-hybridized carbons (Fsp3) is 0.769. The molecule has 1 fully saturated rings. The van der Waals surface area contributed by atoms with E-state index < -0.39 is 0 Å². The summed E-state index contributed by atoms with van der Waals surface area (Å²) in [5.41, 5.74) is 5.78. The van der Waals surface area contributed by atoms with Crippen LogP contribution in [0.5, 0.6) is 0 Å². The zero-order chi connectivity index (χ0) is 14.5. The quantitative estimate of drug-likeness (QED) is 0.790. The molecule has 0 radical (unpaired) electrons. The lowest BCUT2D eigenvalue weighted by Crippen LogP contribution is -2.44. The maximum atomic E-state index is 5.78. The van der Waals surface area contributed by atoms with Gasteiger partial charge in [-0.2, -0.15) is 15.0 Å². The smallest absolute Gasteiger partial charge is 0.229 e. The van der Waals surface area contributed by atoms with Gasteiger partial charge in [0.15, 0.2) is 0 Å². The van der Waals surface area contributed by atoms with Crippen LogP contribution >= 0.6 is 0 Å². The highest BCUT2D eigenvalue weighted by Crippen LogP contribution is 2.18. The summed E-state index contributed by atoms with van der Waals surface area (Å²) in [7, 11) is 5.81. The van der Waals surface area contributed by atoms with Gasteiger partial charge >= 0.3 is 0 Å². The minimum Gasteiger partial charge on any atom is -0.368 e. The number of anilines is 2. The Bertz CT molecular complexity index is 433. The fourth-order valence-electron chi connectivity index (χ4n) is 2.61. The molecular formula is C13H25N7. The van der Waals surface area contributed by atoms with Gasteiger partial charge in [-0.1, -0.05) is 6.42 Å². The average Bonchev–Trinajstić information content (AvgIpc) is 2.40. The van der Waals surface area contributed by atoms with Gasteiger partial charge in [0, 0.05) is 26.7 Å². The Balaban J connectivity index is 2.11. The van der Waals surface area contributed by atoms with Crippen LogP contribution in [0.1, 0.15) is 25.1 Å². The number of nitrogen functional groups attached to an aromatic ring is 1. The van der Waals surface area contributed by atoms with Crippen LogP contribution in [0.3, 0.4) is 0 Å². The Morgan fingerprint density at radius 3 is 2.80 bits per heavy atom. The summed E-state index contributed by atoms with van der Waals surface area (Å²) in [4.78, 5) is 17.2. The third kappa shape index (κ3) is 3.77. The SMILES string of the molecule is CNCC1CCCCN1Cc1nc(N)nc(N(C)C)n1. The van der Waals surface area contributed by atoms with Crippen LogP contribution in [0, 0.1) is 0 Å². The van der Waals surface area contributed by atoms with Gasteiger partial charge in [-0.05, 0) is 26.4 Å². The van der Waals surface area contributed by atoms with Crippen molar-refractivity contribution in [2.24, 2.45) is 0 Å². The molecule has 7 nitrogen and oxygen atoms in total. The number of nitrogens with one attached hydrogen (secondary N) is 1. The van der Waals surface area contributed by atoms with Crippen LogP contribution in [-0.2, 0) is 6.54 Å². The minimum atomic E-state index is 0.292. The van der Waals surface area contributed by atoms with Crippen molar-refractivity contribution in [3.8, 4) is 0 Å². The lowest BCUT2D eigenvalue weighted by Gasteiger charge is -2.35. The van der Waals surface area contributed by atoms with Crippen molar-refractivity contribution in [2.75, 3.05) is 44.9 Å². The predicted molar refractivity (Wildman–Crippen MR) is 80.5 cm³/mol. The van der Waals surface area contributed by atoms with Crippen molar-refractivity contribution < 1.29 is 0 Å². The summed E-state index contributed by atoms with van der Waals surface area (Å²) in [5, 5.41) is 3.27. The van der Waals surface area contributed by atoms with Gasteiger partial charge < -0.3 is 16.0 Å². The van der Waals surface area contributed by atoms with E-state index in [2.05, 4.69) is 25.2 Å². The zero-order valence-electron chi connectivity index (χ0n) is 12.6. The molecule has 1 saturated heterocycles. The Hall–Kier alpha value is -1.47. The summed E-state index contributed by atoms with van der Waals surface area (Å²) in [6.07, 6.45) is 3.76. The average molecular weight is 279 g/mol. The summed E-state index contributed by atoms with van der Waals surface area (Å²) < 4.78 is 0. The number of aromatic nitrogens is 3. The molecular weight excluding hydrogens is 254 g/mol. The van der Waals surface area contributed by atoms with Crippen molar-refractivity contribution >= 4 is 11.9 Å². The van der Waals surface area contributed by atoms with Gasteiger partial charge in [-0.3, -0.25) is 4.90 Å². The second-order valence-corrected chi connectivity index (χ2v) is 5.48. The van der Waals surface area contributed by atoms with Crippen molar-refractivity contribution in [2.45, 2.75) is 31.8 Å². The Labute approximate surface area is 120 Å². The van der Waals surface area contributed by atoms with E-state index in [-0.39, 0.29) is 0 Å². The molecule has 0 spiro atoms. The molecule has 1 atom stereocenters. The standard InChI is InChI=1S/C13H25N7/c1-15-8-10-6-4-5-7-20(10)9-11-16-12(14)18-13(17-11)19(2)3/h10,15H,4-9H2,1-3H3,(H2,14,16,17,18). The number of likely N-dealkylation sites (tertiary alicyclic amines) is 1. The number of nitrogens with two attached hydrogens (primary N) is 1. The summed E-state index contributed by atoms with van der Waals surface area (Å²) >= 11 is 0. The monoisotopic (exact) mass is 279 g/mol. The molecule has 0 bridgehead atoms. The molecule has 3 N–H and O–H groups in total. The largest absolute Gasteiger partial charge is 0.368 e. The highest BCUT2D eigenvalue weighted by atomic mass is 15.3. The molecule has 0 aliphatic carbocycles. The van der Waals surface area contributed by atoms with Gasteiger partial charge in [-0.25, -0.2) is 0 Å². The molecule has 1 aliphatic heterocycles. The summed E-state index contributed by atoms with van der Waals surface area (Å²) in [5.74, 6) is 1.67. The van der Waals surface area contributed by atoms with Gasteiger partial charge in [-0.15, -0.1) is 0 Å². The maximum Gasteiger partial charge on any atom is 0.229 e. The predicted octanol–water partition coefficient (Wildman–Crippen LogP) is 0.0937. The molecule has 20 heavy (non-hydrogen) atoms. The van der Waals surface area contributed by atoms with Gasteiger partial charge in [0.25, 0.3) is 0 Å². The zero-order valence-corrected chi connectivity index (χ0v) is 12.6. The number of nitrogens with zero attached hydrogens (tertiary/aromatic N) is 5. The molecule has 2 rings (SSSR count). The first-order valence-corrected chi connectivity index (χ1v) is 7.16. The number of piperidine rings is 1. The number of hydrogen-bond acceptors (Lipinski definition) is 7. The van der Waals surface area contributed by atoms with Crippen molar-refractivity contribution in [3.63, 3.8) is 0 Å².